The van der Waals surface area contributed by atoms with Crippen molar-refractivity contribution in [1.29, 1.82) is 0 Å². The Morgan fingerprint density at radius 1 is 1.41 bits per heavy atom. The summed E-state index contributed by atoms with van der Waals surface area (Å²) in [6.45, 7) is 3.57. The van der Waals surface area contributed by atoms with Gasteiger partial charge in [0.25, 0.3) is 5.91 Å². The molecule has 0 saturated heterocycles. The second kappa shape index (κ2) is 5.19. The highest BCUT2D eigenvalue weighted by Gasteiger charge is 2.31. The Balaban J connectivity index is 2.02. The first-order valence-corrected chi connectivity index (χ1v) is 6.49. The quantitative estimate of drug-likeness (QED) is 0.794. The molecule has 0 radical (unpaired) electrons. The van der Waals surface area contributed by atoms with Crippen molar-refractivity contribution in [2.75, 3.05) is 6.79 Å². The van der Waals surface area contributed by atoms with Gasteiger partial charge in [0, 0.05) is 0 Å². The predicted octanol–water partition coefficient (Wildman–Crippen LogP) is 0.667. The van der Waals surface area contributed by atoms with Crippen molar-refractivity contribution in [2.45, 2.75) is 12.5 Å². The molecule has 7 heteroatoms. The summed E-state index contributed by atoms with van der Waals surface area (Å²) in [5.41, 5.74) is 5.75. The molecule has 1 aromatic carbocycles. The zero-order valence-electron chi connectivity index (χ0n) is 11.5. The molecule has 0 saturated carbocycles. The van der Waals surface area contributed by atoms with Gasteiger partial charge in [-0.15, -0.1) is 0 Å². The lowest BCUT2D eigenvalue weighted by atomic mass is 9.97. The Morgan fingerprint density at radius 2 is 2.18 bits per heavy atom. The number of fused-ring (bicyclic) bond motifs is 1. The Bertz CT molecular complexity index is 721. The first-order chi connectivity index (χ1) is 10.5. The molecule has 1 unspecified atom stereocenters. The molecule has 3 N–H and O–H groups in total. The van der Waals surface area contributed by atoms with Gasteiger partial charge >= 0.3 is 0 Å². The number of carbonyl (C=O) groups is 2. The van der Waals surface area contributed by atoms with Gasteiger partial charge in [-0.25, -0.2) is 0 Å². The van der Waals surface area contributed by atoms with Crippen molar-refractivity contribution < 1.29 is 28.9 Å². The van der Waals surface area contributed by atoms with Crippen molar-refractivity contribution in [3.8, 4) is 17.2 Å². The average Bonchev–Trinajstić information content (AvgIpc) is 2.96. The van der Waals surface area contributed by atoms with Crippen LogP contribution in [0.1, 0.15) is 16.8 Å². The molecule has 1 atom stereocenters. The second-order valence-corrected chi connectivity index (χ2v) is 4.84. The fourth-order valence-corrected chi connectivity index (χ4v) is 2.20. The highest BCUT2D eigenvalue weighted by molar-refractivity contribution is 6.01. The van der Waals surface area contributed by atoms with Crippen molar-refractivity contribution in [3.63, 3.8) is 0 Å². The van der Waals surface area contributed by atoms with E-state index in [2.05, 4.69) is 6.58 Å². The summed E-state index contributed by atoms with van der Waals surface area (Å²) in [4.78, 5) is 23.6. The van der Waals surface area contributed by atoms with Crippen LogP contribution in [0.3, 0.4) is 0 Å². The maximum atomic E-state index is 12.0. The van der Waals surface area contributed by atoms with Gasteiger partial charge in [0.15, 0.2) is 17.3 Å². The summed E-state index contributed by atoms with van der Waals surface area (Å²) in [6.07, 6.45) is 0.448. The number of hydrogen-bond acceptors (Lipinski definition) is 6. The van der Waals surface area contributed by atoms with Crippen LogP contribution in [0.4, 0.5) is 0 Å². The van der Waals surface area contributed by atoms with E-state index in [1.165, 1.54) is 18.2 Å². The molecule has 1 aliphatic heterocycles. The molecule has 0 bridgehead atoms. The normalized spacial score (nSPS) is 19.9. The summed E-state index contributed by atoms with van der Waals surface area (Å²) in [7, 11) is 0. The largest absolute Gasteiger partial charge is 0.453 e. The van der Waals surface area contributed by atoms with Gasteiger partial charge < -0.3 is 25.1 Å². The zero-order valence-corrected chi connectivity index (χ0v) is 11.5. The lowest BCUT2D eigenvalue weighted by Gasteiger charge is -2.20. The third-order valence-electron chi connectivity index (χ3n) is 3.40. The number of nitrogens with two attached hydrogens (primary N) is 1. The van der Waals surface area contributed by atoms with Gasteiger partial charge in [0.1, 0.15) is 6.10 Å². The van der Waals surface area contributed by atoms with Crippen molar-refractivity contribution in [3.05, 3.63) is 41.7 Å². The van der Waals surface area contributed by atoms with Gasteiger partial charge in [-0.05, 0) is 30.2 Å². The standard InChI is InChI=1S/C15H13NO6/c1-7-2-4-9(12(18)11(7)17)22-13-8(15(16)19)3-5-10-14(13)21-6-20-10/h3-5,11,17H,1-2,6H2,(H2,16,19). The lowest BCUT2D eigenvalue weighted by Crippen LogP contribution is -2.29. The number of hydrogen-bond donors (Lipinski definition) is 2. The molecule has 1 amide bonds. The number of Topliss-reactive ketones (excluding diaryl/α,β-unsaturated/α-hetero) is 1. The first kappa shape index (κ1) is 14.2. The second-order valence-electron chi connectivity index (χ2n) is 4.84. The number of allylic oxidation sites excluding steroid dienone is 1. The molecular formula is C15H13NO6. The number of ether oxygens (including phenoxy) is 3. The summed E-state index contributed by atoms with van der Waals surface area (Å²) in [5.74, 6) is -0.879. The van der Waals surface area contributed by atoms with Gasteiger partial charge in [0.05, 0.1) is 5.56 Å². The van der Waals surface area contributed by atoms with E-state index in [0.29, 0.717) is 17.7 Å². The molecule has 22 heavy (non-hydrogen) atoms. The summed E-state index contributed by atoms with van der Waals surface area (Å²) in [6, 6.07) is 2.96. The number of amides is 1. The minimum absolute atomic E-state index is 0.00168. The predicted molar refractivity (Wildman–Crippen MR) is 74.6 cm³/mol. The van der Waals surface area contributed by atoms with E-state index in [1.54, 1.807) is 0 Å². The topological polar surface area (TPSA) is 108 Å². The number of rotatable bonds is 3. The van der Waals surface area contributed by atoms with Gasteiger partial charge in [-0.1, -0.05) is 6.58 Å². The maximum absolute atomic E-state index is 12.0. The summed E-state index contributed by atoms with van der Waals surface area (Å²) < 4.78 is 16.0. The van der Waals surface area contributed by atoms with Crippen molar-refractivity contribution in [2.24, 2.45) is 5.73 Å². The van der Waals surface area contributed by atoms with Gasteiger partial charge in [-0.2, -0.15) is 0 Å². The Morgan fingerprint density at radius 3 is 2.91 bits per heavy atom. The number of aliphatic hydroxyl groups excluding tert-OH is 1. The molecule has 0 spiro atoms. The van der Waals surface area contributed by atoms with Crippen molar-refractivity contribution in [1.82, 2.24) is 0 Å². The minimum Gasteiger partial charge on any atom is -0.453 e. The average molecular weight is 303 g/mol. The van der Waals surface area contributed by atoms with E-state index >= 15 is 0 Å². The minimum atomic E-state index is -1.33. The third-order valence-corrected chi connectivity index (χ3v) is 3.40. The number of carbonyl (C=O) groups excluding carboxylic acids is 2. The number of ketones is 1. The van der Waals surface area contributed by atoms with Crippen LogP contribution in [-0.4, -0.2) is 29.7 Å². The van der Waals surface area contributed by atoms with E-state index in [4.69, 9.17) is 19.9 Å². The van der Waals surface area contributed by atoms with Crippen LogP contribution in [0.25, 0.3) is 0 Å². The van der Waals surface area contributed by atoms with Crippen LogP contribution in [0, 0.1) is 0 Å². The Hall–Kier alpha value is -2.80. The molecule has 1 aromatic rings. The number of benzene rings is 1. The fourth-order valence-electron chi connectivity index (χ4n) is 2.20. The molecule has 114 valence electrons. The Labute approximate surface area is 125 Å². The van der Waals surface area contributed by atoms with Crippen LogP contribution in [0.5, 0.6) is 17.2 Å². The molecule has 1 heterocycles. The smallest absolute Gasteiger partial charge is 0.252 e. The van der Waals surface area contributed by atoms with Crippen LogP contribution in [0.15, 0.2) is 36.1 Å². The van der Waals surface area contributed by atoms with E-state index in [-0.39, 0.29) is 29.6 Å². The molecule has 3 rings (SSSR count). The molecule has 0 fully saturated rings. The third kappa shape index (κ3) is 2.21. The molecule has 2 aliphatic rings. The van der Waals surface area contributed by atoms with Crippen LogP contribution >= 0.6 is 0 Å². The Kier molecular flexibility index (Phi) is 3.34. The van der Waals surface area contributed by atoms with E-state index < -0.39 is 17.8 Å². The van der Waals surface area contributed by atoms with E-state index in [0.717, 1.165) is 0 Å². The fraction of sp³-hybridized carbons (Fsp3) is 0.200. The van der Waals surface area contributed by atoms with Gasteiger partial charge in [0.2, 0.25) is 18.3 Å². The molecular weight excluding hydrogens is 290 g/mol. The highest BCUT2D eigenvalue weighted by atomic mass is 16.7. The maximum Gasteiger partial charge on any atom is 0.252 e. The first-order valence-electron chi connectivity index (χ1n) is 6.49. The van der Waals surface area contributed by atoms with Crippen molar-refractivity contribution >= 4 is 11.7 Å². The number of aliphatic hydroxyl groups is 1. The van der Waals surface area contributed by atoms with E-state index in [9.17, 15) is 14.7 Å². The van der Waals surface area contributed by atoms with Crippen LogP contribution in [-0.2, 0) is 4.79 Å². The van der Waals surface area contributed by atoms with Gasteiger partial charge in [-0.3, -0.25) is 9.59 Å². The van der Waals surface area contributed by atoms with E-state index in [1.807, 2.05) is 0 Å². The number of primary amides is 1. The SMILES string of the molecule is C=C1CC=C(Oc2c(C(N)=O)ccc3c2OCO3)C(=O)C1O. The van der Waals surface area contributed by atoms with Crippen LogP contribution < -0.4 is 19.9 Å². The molecule has 7 nitrogen and oxygen atoms in total. The summed E-state index contributed by atoms with van der Waals surface area (Å²) in [5, 5.41) is 9.75. The molecule has 1 aliphatic carbocycles. The zero-order chi connectivity index (χ0) is 15.9. The monoisotopic (exact) mass is 303 g/mol. The molecule has 0 aromatic heterocycles. The lowest BCUT2D eigenvalue weighted by molar-refractivity contribution is -0.124. The summed E-state index contributed by atoms with van der Waals surface area (Å²) >= 11 is 0. The van der Waals surface area contributed by atoms with Crippen LogP contribution in [0.2, 0.25) is 0 Å². The highest BCUT2D eigenvalue weighted by Crippen LogP contribution is 2.44.